The van der Waals surface area contributed by atoms with Crippen LogP contribution >= 0.6 is 0 Å². The van der Waals surface area contributed by atoms with E-state index in [1.165, 1.54) is 12.8 Å². The standard InChI is InChI=1S/C13H20O4/c1-15-8-9-16-10-17-13(6-7-13)12(14)5-4-11-2-3-11/h11-12,14H,2-3,6-10H2,1H3. The zero-order chi connectivity index (χ0) is 12.1. The van der Waals surface area contributed by atoms with E-state index < -0.39 is 11.7 Å². The Labute approximate surface area is 102 Å². The molecule has 0 saturated heterocycles. The first-order chi connectivity index (χ1) is 8.27. The van der Waals surface area contributed by atoms with Crippen molar-refractivity contribution in [2.75, 3.05) is 27.1 Å². The molecule has 2 rings (SSSR count). The van der Waals surface area contributed by atoms with Crippen molar-refractivity contribution in [1.29, 1.82) is 0 Å². The van der Waals surface area contributed by atoms with Crippen LogP contribution in [0.2, 0.25) is 0 Å². The molecule has 0 heterocycles. The molecular weight excluding hydrogens is 220 g/mol. The number of aliphatic hydroxyl groups excluding tert-OH is 1. The number of ether oxygens (including phenoxy) is 3. The third-order valence-electron chi connectivity index (χ3n) is 3.10. The highest BCUT2D eigenvalue weighted by molar-refractivity contribution is 5.20. The summed E-state index contributed by atoms with van der Waals surface area (Å²) in [7, 11) is 1.63. The highest BCUT2D eigenvalue weighted by Crippen LogP contribution is 2.42. The molecule has 0 aromatic rings. The third-order valence-corrected chi connectivity index (χ3v) is 3.10. The van der Waals surface area contributed by atoms with Crippen molar-refractivity contribution in [3.8, 4) is 11.8 Å². The van der Waals surface area contributed by atoms with Gasteiger partial charge in [-0.25, -0.2) is 0 Å². The molecule has 2 aliphatic rings. The molecule has 0 amide bonds. The molecule has 0 bridgehead atoms. The van der Waals surface area contributed by atoms with Crippen LogP contribution < -0.4 is 0 Å². The van der Waals surface area contributed by atoms with Crippen molar-refractivity contribution in [2.45, 2.75) is 37.4 Å². The lowest BCUT2D eigenvalue weighted by atomic mass is 10.2. The summed E-state index contributed by atoms with van der Waals surface area (Å²) >= 11 is 0. The van der Waals surface area contributed by atoms with E-state index in [1.807, 2.05) is 0 Å². The Morgan fingerprint density at radius 1 is 1.35 bits per heavy atom. The predicted molar refractivity (Wildman–Crippen MR) is 62.3 cm³/mol. The number of rotatable bonds is 7. The van der Waals surface area contributed by atoms with E-state index in [9.17, 15) is 5.11 Å². The van der Waals surface area contributed by atoms with Crippen molar-refractivity contribution in [3.63, 3.8) is 0 Å². The topological polar surface area (TPSA) is 47.9 Å². The third kappa shape index (κ3) is 3.97. The van der Waals surface area contributed by atoms with E-state index in [4.69, 9.17) is 14.2 Å². The van der Waals surface area contributed by atoms with Crippen LogP contribution in [-0.4, -0.2) is 43.9 Å². The lowest BCUT2D eigenvalue weighted by Crippen LogP contribution is -2.31. The van der Waals surface area contributed by atoms with E-state index in [0.717, 1.165) is 12.8 Å². The van der Waals surface area contributed by atoms with E-state index in [1.54, 1.807) is 7.11 Å². The van der Waals surface area contributed by atoms with Crippen LogP contribution in [0.15, 0.2) is 0 Å². The van der Waals surface area contributed by atoms with Crippen molar-refractivity contribution >= 4 is 0 Å². The lowest BCUT2D eigenvalue weighted by molar-refractivity contribution is -0.132. The molecule has 17 heavy (non-hydrogen) atoms. The molecule has 4 nitrogen and oxygen atoms in total. The molecule has 0 aromatic heterocycles. The highest BCUT2D eigenvalue weighted by atomic mass is 16.7. The molecule has 1 atom stereocenters. The minimum Gasteiger partial charge on any atom is -0.382 e. The van der Waals surface area contributed by atoms with Gasteiger partial charge in [0.25, 0.3) is 0 Å². The molecule has 2 aliphatic carbocycles. The molecule has 0 radical (unpaired) electrons. The predicted octanol–water partition coefficient (Wildman–Crippen LogP) is 0.930. The molecule has 4 heteroatoms. The van der Waals surface area contributed by atoms with Crippen LogP contribution in [-0.2, 0) is 14.2 Å². The van der Waals surface area contributed by atoms with E-state index >= 15 is 0 Å². The summed E-state index contributed by atoms with van der Waals surface area (Å²) in [6, 6.07) is 0. The highest BCUT2D eigenvalue weighted by Gasteiger charge is 2.50. The molecular formula is C13H20O4. The van der Waals surface area contributed by atoms with Gasteiger partial charge in [0.05, 0.1) is 13.2 Å². The van der Waals surface area contributed by atoms with Gasteiger partial charge in [0.1, 0.15) is 18.5 Å². The Balaban J connectivity index is 1.66. The van der Waals surface area contributed by atoms with Crippen molar-refractivity contribution < 1.29 is 19.3 Å². The Morgan fingerprint density at radius 2 is 2.12 bits per heavy atom. The minimum atomic E-state index is -0.672. The Hall–Kier alpha value is -0.600. The van der Waals surface area contributed by atoms with E-state index in [-0.39, 0.29) is 6.79 Å². The zero-order valence-corrected chi connectivity index (χ0v) is 10.3. The van der Waals surface area contributed by atoms with Gasteiger partial charge >= 0.3 is 0 Å². The average molecular weight is 240 g/mol. The van der Waals surface area contributed by atoms with E-state index in [2.05, 4.69) is 11.8 Å². The summed E-state index contributed by atoms with van der Waals surface area (Å²) in [6.07, 6.45) is 3.40. The van der Waals surface area contributed by atoms with Gasteiger partial charge < -0.3 is 19.3 Å². The smallest absolute Gasteiger partial charge is 0.147 e. The van der Waals surface area contributed by atoms with Crippen molar-refractivity contribution in [1.82, 2.24) is 0 Å². The number of hydrogen-bond donors (Lipinski definition) is 1. The fourth-order valence-corrected chi connectivity index (χ4v) is 1.54. The first-order valence-corrected chi connectivity index (χ1v) is 6.16. The quantitative estimate of drug-likeness (QED) is 0.408. The molecule has 2 fully saturated rings. The summed E-state index contributed by atoms with van der Waals surface area (Å²) in [6.45, 7) is 1.27. The largest absolute Gasteiger partial charge is 0.382 e. The Morgan fingerprint density at radius 3 is 2.71 bits per heavy atom. The van der Waals surface area contributed by atoms with Crippen LogP contribution in [0.5, 0.6) is 0 Å². The first-order valence-electron chi connectivity index (χ1n) is 6.16. The Bertz CT molecular complexity index is 296. The maximum Gasteiger partial charge on any atom is 0.147 e. The van der Waals surface area contributed by atoms with E-state index in [0.29, 0.717) is 19.1 Å². The second kappa shape index (κ2) is 5.83. The molecule has 2 saturated carbocycles. The van der Waals surface area contributed by atoms with Crippen LogP contribution in [0.3, 0.4) is 0 Å². The van der Waals surface area contributed by atoms with Gasteiger partial charge in [0.2, 0.25) is 0 Å². The van der Waals surface area contributed by atoms with Gasteiger partial charge in [-0.15, -0.1) is 0 Å². The summed E-state index contributed by atoms with van der Waals surface area (Å²) < 4.78 is 15.7. The minimum absolute atomic E-state index is 0.200. The van der Waals surface area contributed by atoms with Crippen molar-refractivity contribution in [3.05, 3.63) is 0 Å². The summed E-state index contributed by atoms with van der Waals surface area (Å²) in [5.41, 5.74) is -0.463. The molecule has 1 N–H and O–H groups in total. The molecule has 1 unspecified atom stereocenters. The maximum atomic E-state index is 9.94. The SMILES string of the molecule is COCCOCOC1(C(O)C#CC2CC2)CC1. The average Bonchev–Trinajstić information content (AvgIpc) is 3.21. The number of methoxy groups -OCH3 is 1. The lowest BCUT2D eigenvalue weighted by Gasteiger charge is -2.18. The van der Waals surface area contributed by atoms with Crippen LogP contribution in [0.25, 0.3) is 0 Å². The van der Waals surface area contributed by atoms with Crippen LogP contribution in [0.4, 0.5) is 0 Å². The van der Waals surface area contributed by atoms with Gasteiger partial charge in [0.15, 0.2) is 0 Å². The van der Waals surface area contributed by atoms with Gasteiger partial charge in [0, 0.05) is 13.0 Å². The maximum absolute atomic E-state index is 9.94. The first kappa shape index (κ1) is 12.8. The molecule has 96 valence electrons. The molecule has 0 aliphatic heterocycles. The van der Waals surface area contributed by atoms with Gasteiger partial charge in [-0.05, 0) is 25.7 Å². The summed E-state index contributed by atoms with van der Waals surface area (Å²) in [5, 5.41) is 9.94. The van der Waals surface area contributed by atoms with Crippen molar-refractivity contribution in [2.24, 2.45) is 5.92 Å². The summed E-state index contributed by atoms with van der Waals surface area (Å²) in [5.74, 6) is 6.48. The summed E-state index contributed by atoms with van der Waals surface area (Å²) in [4.78, 5) is 0. The fraction of sp³-hybridized carbons (Fsp3) is 0.846. The second-order valence-corrected chi connectivity index (χ2v) is 4.69. The normalized spacial score (nSPS) is 22.7. The van der Waals surface area contributed by atoms with Crippen LogP contribution in [0, 0.1) is 17.8 Å². The fourth-order valence-electron chi connectivity index (χ4n) is 1.54. The van der Waals surface area contributed by atoms with Crippen LogP contribution in [0.1, 0.15) is 25.7 Å². The zero-order valence-electron chi connectivity index (χ0n) is 10.3. The second-order valence-electron chi connectivity index (χ2n) is 4.69. The number of hydrogen-bond acceptors (Lipinski definition) is 4. The number of aliphatic hydroxyl groups is 1. The Kier molecular flexibility index (Phi) is 4.41. The van der Waals surface area contributed by atoms with Gasteiger partial charge in [-0.1, -0.05) is 11.8 Å². The monoisotopic (exact) mass is 240 g/mol. The molecule has 0 spiro atoms. The molecule has 0 aromatic carbocycles. The van der Waals surface area contributed by atoms with Gasteiger partial charge in [-0.3, -0.25) is 0 Å². The van der Waals surface area contributed by atoms with Gasteiger partial charge in [-0.2, -0.15) is 0 Å².